The lowest BCUT2D eigenvalue weighted by Crippen LogP contribution is -2.28. The van der Waals surface area contributed by atoms with Crippen LogP contribution in [-0.4, -0.2) is 28.5 Å². The lowest BCUT2D eigenvalue weighted by molar-refractivity contribution is 0.0793. The quantitative estimate of drug-likeness (QED) is 0.824. The zero-order valence-electron chi connectivity index (χ0n) is 10.6. The molecule has 19 heavy (non-hydrogen) atoms. The minimum atomic E-state index is 0.0729. The second-order valence-corrected chi connectivity index (χ2v) is 5.19. The van der Waals surface area contributed by atoms with E-state index in [0.29, 0.717) is 10.6 Å². The third kappa shape index (κ3) is 2.38. The minimum Gasteiger partial charge on any atom is -0.339 e. The van der Waals surface area contributed by atoms with Crippen molar-refractivity contribution in [3.8, 4) is 5.69 Å². The van der Waals surface area contributed by atoms with E-state index in [1.165, 1.54) is 0 Å². The van der Waals surface area contributed by atoms with Gasteiger partial charge >= 0.3 is 0 Å². The van der Waals surface area contributed by atoms with E-state index >= 15 is 0 Å². The third-order valence-corrected chi connectivity index (χ3v) is 3.70. The van der Waals surface area contributed by atoms with Gasteiger partial charge in [0.2, 0.25) is 0 Å². The van der Waals surface area contributed by atoms with Crippen molar-refractivity contribution in [3.63, 3.8) is 0 Å². The van der Waals surface area contributed by atoms with E-state index in [9.17, 15) is 4.79 Å². The van der Waals surface area contributed by atoms with Gasteiger partial charge in [-0.05, 0) is 43.2 Å². The van der Waals surface area contributed by atoms with E-state index in [2.05, 4.69) is 0 Å². The SMILES string of the molecule is O=C(c1cc(Cl)ccc1-n1cccc1)N1CCCC1. The van der Waals surface area contributed by atoms with Gasteiger partial charge in [0.15, 0.2) is 0 Å². The van der Waals surface area contributed by atoms with Crippen molar-refractivity contribution in [2.75, 3.05) is 13.1 Å². The molecule has 0 atom stereocenters. The van der Waals surface area contributed by atoms with Crippen LogP contribution in [0.1, 0.15) is 23.2 Å². The summed E-state index contributed by atoms with van der Waals surface area (Å²) < 4.78 is 1.94. The van der Waals surface area contributed by atoms with E-state index in [-0.39, 0.29) is 5.91 Å². The van der Waals surface area contributed by atoms with Gasteiger partial charge in [-0.1, -0.05) is 11.6 Å². The number of amides is 1. The number of likely N-dealkylation sites (tertiary alicyclic amines) is 1. The number of hydrogen-bond donors (Lipinski definition) is 0. The van der Waals surface area contributed by atoms with Crippen LogP contribution >= 0.6 is 11.6 Å². The van der Waals surface area contributed by atoms with Crippen molar-refractivity contribution in [2.24, 2.45) is 0 Å². The maximum atomic E-state index is 12.6. The van der Waals surface area contributed by atoms with E-state index in [1.54, 1.807) is 6.07 Å². The van der Waals surface area contributed by atoms with Crippen molar-refractivity contribution < 1.29 is 4.79 Å². The van der Waals surface area contributed by atoms with Crippen LogP contribution in [0.4, 0.5) is 0 Å². The van der Waals surface area contributed by atoms with Gasteiger partial charge in [-0.25, -0.2) is 0 Å². The second kappa shape index (κ2) is 5.10. The number of aromatic nitrogens is 1. The van der Waals surface area contributed by atoms with Crippen LogP contribution in [-0.2, 0) is 0 Å². The summed E-state index contributed by atoms with van der Waals surface area (Å²) in [4.78, 5) is 14.5. The highest BCUT2D eigenvalue weighted by Gasteiger charge is 2.22. The van der Waals surface area contributed by atoms with E-state index in [4.69, 9.17) is 11.6 Å². The van der Waals surface area contributed by atoms with Gasteiger partial charge in [-0.15, -0.1) is 0 Å². The van der Waals surface area contributed by atoms with Gasteiger partial charge in [0.1, 0.15) is 0 Å². The van der Waals surface area contributed by atoms with Crippen LogP contribution in [0.25, 0.3) is 5.69 Å². The normalized spacial score (nSPS) is 14.9. The maximum absolute atomic E-state index is 12.6. The summed E-state index contributed by atoms with van der Waals surface area (Å²) in [6.07, 6.45) is 6.05. The number of hydrogen-bond acceptors (Lipinski definition) is 1. The van der Waals surface area contributed by atoms with Gasteiger partial charge in [0.25, 0.3) is 5.91 Å². The maximum Gasteiger partial charge on any atom is 0.256 e. The third-order valence-electron chi connectivity index (χ3n) is 3.46. The smallest absolute Gasteiger partial charge is 0.256 e. The first-order chi connectivity index (χ1) is 9.25. The fraction of sp³-hybridized carbons (Fsp3) is 0.267. The molecule has 1 amide bonds. The van der Waals surface area contributed by atoms with Crippen LogP contribution in [0, 0.1) is 0 Å². The molecule has 1 aromatic carbocycles. The molecule has 1 aliphatic heterocycles. The molecule has 0 radical (unpaired) electrons. The van der Waals surface area contributed by atoms with Gasteiger partial charge in [0, 0.05) is 30.5 Å². The molecule has 0 unspecified atom stereocenters. The molecule has 0 spiro atoms. The molecule has 0 bridgehead atoms. The van der Waals surface area contributed by atoms with Crippen molar-refractivity contribution in [2.45, 2.75) is 12.8 Å². The highest BCUT2D eigenvalue weighted by Crippen LogP contribution is 2.23. The van der Waals surface area contributed by atoms with E-state index in [0.717, 1.165) is 31.6 Å². The Morgan fingerprint density at radius 1 is 1.11 bits per heavy atom. The van der Waals surface area contributed by atoms with Crippen molar-refractivity contribution in [3.05, 3.63) is 53.3 Å². The van der Waals surface area contributed by atoms with Crippen LogP contribution in [0.15, 0.2) is 42.7 Å². The first-order valence-corrected chi connectivity index (χ1v) is 6.86. The van der Waals surface area contributed by atoms with Crippen LogP contribution in [0.2, 0.25) is 5.02 Å². The average Bonchev–Trinajstić information content (AvgIpc) is 3.11. The molecule has 1 aromatic heterocycles. The molecule has 98 valence electrons. The summed E-state index contributed by atoms with van der Waals surface area (Å²) in [7, 11) is 0. The van der Waals surface area contributed by atoms with Gasteiger partial charge < -0.3 is 9.47 Å². The predicted octanol–water partition coefficient (Wildman–Crippen LogP) is 3.37. The fourth-order valence-corrected chi connectivity index (χ4v) is 2.66. The Morgan fingerprint density at radius 3 is 2.47 bits per heavy atom. The summed E-state index contributed by atoms with van der Waals surface area (Å²) in [5.74, 6) is 0.0729. The number of carbonyl (C=O) groups excluding carboxylic acids is 1. The average molecular weight is 275 g/mol. The van der Waals surface area contributed by atoms with Crippen LogP contribution in [0.3, 0.4) is 0 Å². The summed E-state index contributed by atoms with van der Waals surface area (Å²) in [6.45, 7) is 1.69. The lowest BCUT2D eigenvalue weighted by Gasteiger charge is -2.18. The van der Waals surface area contributed by atoms with Gasteiger partial charge in [0.05, 0.1) is 11.3 Å². The number of carbonyl (C=O) groups is 1. The molecule has 0 N–H and O–H groups in total. The number of halogens is 1. The Kier molecular flexibility index (Phi) is 3.30. The molecule has 1 aliphatic rings. The first kappa shape index (κ1) is 12.3. The van der Waals surface area contributed by atoms with Crippen molar-refractivity contribution >= 4 is 17.5 Å². The summed E-state index contributed by atoms with van der Waals surface area (Å²) in [5, 5.41) is 0.596. The Balaban J connectivity index is 2.03. The molecular formula is C15H15ClN2O. The Labute approximate surface area is 117 Å². The molecule has 0 aliphatic carbocycles. The van der Waals surface area contributed by atoms with Gasteiger partial charge in [-0.3, -0.25) is 4.79 Å². The molecular weight excluding hydrogens is 260 g/mol. The largest absolute Gasteiger partial charge is 0.339 e. The summed E-state index contributed by atoms with van der Waals surface area (Å²) in [5.41, 5.74) is 1.55. The summed E-state index contributed by atoms with van der Waals surface area (Å²) in [6, 6.07) is 9.36. The minimum absolute atomic E-state index is 0.0729. The summed E-state index contributed by atoms with van der Waals surface area (Å²) >= 11 is 6.05. The molecule has 3 nitrogen and oxygen atoms in total. The van der Waals surface area contributed by atoms with E-state index < -0.39 is 0 Å². The Bertz CT molecular complexity index is 586. The monoisotopic (exact) mass is 274 g/mol. The number of nitrogens with zero attached hydrogens (tertiary/aromatic N) is 2. The zero-order chi connectivity index (χ0) is 13.2. The highest BCUT2D eigenvalue weighted by atomic mass is 35.5. The highest BCUT2D eigenvalue weighted by molar-refractivity contribution is 6.31. The van der Waals surface area contributed by atoms with Crippen LogP contribution < -0.4 is 0 Å². The molecule has 2 aromatic rings. The predicted molar refractivity (Wildman–Crippen MR) is 75.9 cm³/mol. The van der Waals surface area contributed by atoms with Crippen LogP contribution in [0.5, 0.6) is 0 Å². The number of benzene rings is 1. The molecule has 2 heterocycles. The van der Waals surface area contributed by atoms with E-state index in [1.807, 2.05) is 46.1 Å². The standard InChI is InChI=1S/C15H15ClN2O/c16-12-5-6-14(17-7-1-2-8-17)13(11-12)15(19)18-9-3-4-10-18/h1-2,5-8,11H,3-4,9-10H2. The topological polar surface area (TPSA) is 25.2 Å². The Hall–Kier alpha value is -1.74. The zero-order valence-corrected chi connectivity index (χ0v) is 11.3. The van der Waals surface area contributed by atoms with Crippen molar-refractivity contribution in [1.29, 1.82) is 0 Å². The Morgan fingerprint density at radius 2 is 1.79 bits per heavy atom. The number of rotatable bonds is 2. The molecule has 3 rings (SSSR count). The second-order valence-electron chi connectivity index (χ2n) is 4.75. The fourth-order valence-electron chi connectivity index (χ4n) is 2.49. The molecule has 4 heteroatoms. The molecule has 0 saturated carbocycles. The first-order valence-electron chi connectivity index (χ1n) is 6.48. The molecule has 1 saturated heterocycles. The van der Waals surface area contributed by atoms with Crippen molar-refractivity contribution in [1.82, 2.24) is 9.47 Å². The molecule has 1 fully saturated rings. The van der Waals surface area contributed by atoms with Gasteiger partial charge in [-0.2, -0.15) is 0 Å². The lowest BCUT2D eigenvalue weighted by atomic mass is 10.1.